The highest BCUT2D eigenvalue weighted by atomic mass is 19.1. The number of hydrogen-bond donors (Lipinski definition) is 1. The van der Waals surface area contributed by atoms with E-state index in [2.05, 4.69) is 20.2 Å². The molecular weight excluding hydrogens is 243 g/mol. The first-order valence-electron chi connectivity index (χ1n) is 7.19. The summed E-state index contributed by atoms with van der Waals surface area (Å²) in [5.41, 5.74) is 0.434. The Hall–Kier alpha value is -1.23. The number of halogens is 1. The number of aromatic nitrogens is 2. The summed E-state index contributed by atoms with van der Waals surface area (Å²) in [5, 5.41) is 3.57. The lowest BCUT2D eigenvalue weighted by Crippen LogP contribution is -2.41. The number of nitrogens with one attached hydrogen (secondary N) is 1. The molecule has 1 atom stereocenters. The standard InChI is InChI=1S/C14H21FN4/c1-10-13(15)14(18-9-17-10)19-6-2-3-11(8-19)7-16-12-4-5-12/h9,11-12,16H,2-8H2,1H3. The maximum Gasteiger partial charge on any atom is 0.186 e. The number of rotatable bonds is 4. The van der Waals surface area contributed by atoms with Crippen LogP contribution in [0, 0.1) is 18.7 Å². The molecule has 1 saturated carbocycles. The van der Waals surface area contributed by atoms with Gasteiger partial charge in [0.2, 0.25) is 0 Å². The molecule has 2 aliphatic rings. The highest BCUT2D eigenvalue weighted by Gasteiger charge is 2.26. The average Bonchev–Trinajstić information content (AvgIpc) is 3.24. The van der Waals surface area contributed by atoms with Gasteiger partial charge in [-0.3, -0.25) is 0 Å². The van der Waals surface area contributed by atoms with Crippen LogP contribution in [0.5, 0.6) is 0 Å². The minimum Gasteiger partial charge on any atom is -0.354 e. The van der Waals surface area contributed by atoms with Crippen LogP contribution in [0.3, 0.4) is 0 Å². The monoisotopic (exact) mass is 264 g/mol. The van der Waals surface area contributed by atoms with Gasteiger partial charge in [-0.1, -0.05) is 0 Å². The van der Waals surface area contributed by atoms with Gasteiger partial charge < -0.3 is 10.2 Å². The summed E-state index contributed by atoms with van der Waals surface area (Å²) < 4.78 is 14.1. The predicted molar refractivity (Wildman–Crippen MR) is 72.7 cm³/mol. The summed E-state index contributed by atoms with van der Waals surface area (Å²) in [6.45, 7) is 4.53. The molecule has 2 fully saturated rings. The Labute approximate surface area is 113 Å². The van der Waals surface area contributed by atoms with E-state index in [1.54, 1.807) is 6.92 Å². The molecule has 19 heavy (non-hydrogen) atoms. The molecule has 1 aromatic rings. The van der Waals surface area contributed by atoms with Gasteiger partial charge in [-0.15, -0.1) is 0 Å². The molecule has 0 aromatic carbocycles. The van der Waals surface area contributed by atoms with Crippen LogP contribution >= 0.6 is 0 Å². The van der Waals surface area contributed by atoms with E-state index in [-0.39, 0.29) is 5.82 Å². The smallest absolute Gasteiger partial charge is 0.186 e. The molecule has 0 spiro atoms. The first-order valence-corrected chi connectivity index (χ1v) is 7.19. The maximum absolute atomic E-state index is 14.1. The van der Waals surface area contributed by atoms with Crippen LogP contribution in [0.15, 0.2) is 6.33 Å². The fourth-order valence-corrected chi connectivity index (χ4v) is 2.71. The lowest BCUT2D eigenvalue weighted by atomic mass is 9.98. The first-order chi connectivity index (χ1) is 9.24. The number of hydrogen-bond acceptors (Lipinski definition) is 4. The topological polar surface area (TPSA) is 41.1 Å². The second-order valence-electron chi connectivity index (χ2n) is 5.73. The zero-order chi connectivity index (χ0) is 13.2. The van der Waals surface area contributed by atoms with Gasteiger partial charge in [0, 0.05) is 19.1 Å². The van der Waals surface area contributed by atoms with Crippen LogP contribution < -0.4 is 10.2 Å². The lowest BCUT2D eigenvalue weighted by molar-refractivity contribution is 0.386. The average molecular weight is 264 g/mol. The van der Waals surface area contributed by atoms with E-state index >= 15 is 0 Å². The molecule has 1 N–H and O–H groups in total. The third-order valence-electron chi connectivity index (χ3n) is 4.04. The minimum atomic E-state index is -0.265. The Bertz CT molecular complexity index is 447. The Morgan fingerprint density at radius 3 is 3.00 bits per heavy atom. The van der Waals surface area contributed by atoms with E-state index in [0.29, 0.717) is 17.4 Å². The number of piperidine rings is 1. The van der Waals surface area contributed by atoms with Crippen molar-refractivity contribution >= 4 is 5.82 Å². The van der Waals surface area contributed by atoms with E-state index in [9.17, 15) is 4.39 Å². The summed E-state index contributed by atoms with van der Waals surface area (Å²) in [5.74, 6) is 0.811. The van der Waals surface area contributed by atoms with Crippen molar-refractivity contribution in [3.8, 4) is 0 Å². The predicted octanol–water partition coefficient (Wildman–Crippen LogP) is 1.89. The zero-order valence-electron chi connectivity index (χ0n) is 11.4. The van der Waals surface area contributed by atoms with Gasteiger partial charge in [0.05, 0.1) is 5.69 Å². The van der Waals surface area contributed by atoms with Gasteiger partial charge in [0.15, 0.2) is 11.6 Å². The van der Waals surface area contributed by atoms with Crippen LogP contribution in [0.25, 0.3) is 0 Å². The summed E-state index contributed by atoms with van der Waals surface area (Å²) in [7, 11) is 0. The summed E-state index contributed by atoms with van der Waals surface area (Å²) in [6.07, 6.45) is 6.42. The summed E-state index contributed by atoms with van der Waals surface area (Å²) in [6, 6.07) is 0.744. The van der Waals surface area contributed by atoms with E-state index in [0.717, 1.165) is 32.1 Å². The maximum atomic E-state index is 14.1. The number of anilines is 1. The van der Waals surface area contributed by atoms with Crippen molar-refractivity contribution in [3.63, 3.8) is 0 Å². The van der Waals surface area contributed by atoms with E-state index < -0.39 is 0 Å². The minimum absolute atomic E-state index is 0.265. The van der Waals surface area contributed by atoms with Crippen LogP contribution in [0.2, 0.25) is 0 Å². The highest BCUT2D eigenvalue weighted by Crippen LogP contribution is 2.25. The molecule has 1 aromatic heterocycles. The molecular formula is C14H21FN4. The normalized spacial score (nSPS) is 23.7. The van der Waals surface area contributed by atoms with Crippen LogP contribution in [-0.2, 0) is 0 Å². The summed E-state index contributed by atoms with van der Waals surface area (Å²) in [4.78, 5) is 10.1. The molecule has 3 rings (SSSR count). The fraction of sp³-hybridized carbons (Fsp3) is 0.714. The van der Waals surface area contributed by atoms with E-state index in [4.69, 9.17) is 0 Å². The second kappa shape index (κ2) is 5.41. The van der Waals surface area contributed by atoms with Gasteiger partial charge in [0.1, 0.15) is 6.33 Å². The van der Waals surface area contributed by atoms with Crippen LogP contribution in [0.1, 0.15) is 31.4 Å². The van der Waals surface area contributed by atoms with Crippen molar-refractivity contribution in [1.29, 1.82) is 0 Å². The molecule has 104 valence electrons. The van der Waals surface area contributed by atoms with Crippen molar-refractivity contribution in [3.05, 3.63) is 17.8 Å². The molecule has 0 amide bonds. The third-order valence-corrected chi connectivity index (χ3v) is 4.04. The van der Waals surface area contributed by atoms with Gasteiger partial charge in [-0.25, -0.2) is 14.4 Å². The molecule has 4 nitrogen and oxygen atoms in total. The number of aryl methyl sites for hydroxylation is 1. The van der Waals surface area contributed by atoms with E-state index in [1.165, 1.54) is 25.6 Å². The highest BCUT2D eigenvalue weighted by molar-refractivity contribution is 5.41. The van der Waals surface area contributed by atoms with Gasteiger partial charge in [0.25, 0.3) is 0 Å². The van der Waals surface area contributed by atoms with Crippen LogP contribution in [0.4, 0.5) is 10.2 Å². The molecule has 1 aliphatic heterocycles. The van der Waals surface area contributed by atoms with Crippen LogP contribution in [-0.4, -0.2) is 35.6 Å². The molecule has 5 heteroatoms. The molecule has 1 saturated heterocycles. The summed E-state index contributed by atoms with van der Waals surface area (Å²) >= 11 is 0. The van der Waals surface area contributed by atoms with Crippen molar-refractivity contribution in [1.82, 2.24) is 15.3 Å². The SMILES string of the molecule is Cc1ncnc(N2CCCC(CNC3CC3)C2)c1F. The Kier molecular flexibility index (Phi) is 3.64. The zero-order valence-corrected chi connectivity index (χ0v) is 11.4. The molecule has 0 radical (unpaired) electrons. The van der Waals surface area contributed by atoms with Crippen molar-refractivity contribution in [2.24, 2.45) is 5.92 Å². The Morgan fingerprint density at radius 2 is 2.21 bits per heavy atom. The molecule has 1 aliphatic carbocycles. The lowest BCUT2D eigenvalue weighted by Gasteiger charge is -2.34. The van der Waals surface area contributed by atoms with Crippen molar-refractivity contribution < 1.29 is 4.39 Å². The number of nitrogens with zero attached hydrogens (tertiary/aromatic N) is 3. The quantitative estimate of drug-likeness (QED) is 0.901. The van der Waals surface area contributed by atoms with Gasteiger partial charge in [-0.2, -0.15) is 0 Å². The van der Waals surface area contributed by atoms with Gasteiger partial charge in [-0.05, 0) is 45.1 Å². The second-order valence-corrected chi connectivity index (χ2v) is 5.73. The largest absolute Gasteiger partial charge is 0.354 e. The van der Waals surface area contributed by atoms with Crippen molar-refractivity contribution in [2.45, 2.75) is 38.6 Å². The van der Waals surface area contributed by atoms with E-state index in [1.807, 2.05) is 0 Å². The fourth-order valence-electron chi connectivity index (χ4n) is 2.71. The molecule has 2 heterocycles. The van der Waals surface area contributed by atoms with Gasteiger partial charge >= 0.3 is 0 Å². The first kappa shape index (κ1) is 12.8. The Balaban J connectivity index is 1.64. The Morgan fingerprint density at radius 1 is 1.37 bits per heavy atom. The molecule has 0 bridgehead atoms. The third kappa shape index (κ3) is 3.03. The molecule has 1 unspecified atom stereocenters. The van der Waals surface area contributed by atoms with Crippen molar-refractivity contribution in [2.75, 3.05) is 24.5 Å².